The van der Waals surface area contributed by atoms with Gasteiger partial charge in [-0.05, 0) is 23.1 Å². The summed E-state index contributed by atoms with van der Waals surface area (Å²) in [4.78, 5) is 9.87. The second kappa shape index (κ2) is 2.44. The van der Waals surface area contributed by atoms with E-state index in [4.69, 9.17) is 5.11 Å². The van der Waals surface area contributed by atoms with Crippen molar-refractivity contribution in [2.75, 3.05) is 0 Å². The van der Waals surface area contributed by atoms with Crippen LogP contribution in [-0.2, 0) is 0 Å². The van der Waals surface area contributed by atoms with Gasteiger partial charge >= 0.3 is 5.82 Å². The molecule has 2 rings (SSSR count). The molecule has 0 saturated heterocycles. The molecule has 0 amide bonds. The molecule has 6 nitrogen and oxygen atoms in total. The van der Waals surface area contributed by atoms with E-state index in [1.165, 1.54) is 18.2 Å². The molecular weight excluding hydrogens is 174 g/mol. The Morgan fingerprint density at radius 1 is 1.54 bits per heavy atom. The molecule has 0 spiro atoms. The largest absolute Gasteiger partial charge is 0.508 e. The van der Waals surface area contributed by atoms with Crippen LogP contribution in [0, 0.1) is 10.1 Å². The number of phenolic OH excluding ortho intramolecular Hbond substituents is 1. The summed E-state index contributed by atoms with van der Waals surface area (Å²) in [6.45, 7) is 0. The number of aromatic amines is 1. The molecule has 1 heterocycles. The van der Waals surface area contributed by atoms with E-state index in [9.17, 15) is 10.1 Å². The first-order chi connectivity index (χ1) is 6.18. The summed E-state index contributed by atoms with van der Waals surface area (Å²) in [5, 5.41) is 25.8. The summed E-state index contributed by atoms with van der Waals surface area (Å²) < 4.78 is 0. The molecule has 2 N–H and O–H groups in total. The molecule has 0 aliphatic heterocycles. The first-order valence-electron chi connectivity index (χ1n) is 3.50. The van der Waals surface area contributed by atoms with Crippen molar-refractivity contribution in [3.8, 4) is 5.75 Å². The monoisotopic (exact) mass is 179 g/mol. The van der Waals surface area contributed by atoms with E-state index in [1.54, 1.807) is 0 Å². The first-order valence-corrected chi connectivity index (χ1v) is 3.50. The van der Waals surface area contributed by atoms with E-state index in [1.807, 2.05) is 0 Å². The number of aromatic hydroxyl groups is 1. The number of hydrogen-bond acceptors (Lipinski definition) is 4. The fraction of sp³-hybridized carbons (Fsp3) is 0. The van der Waals surface area contributed by atoms with Crippen LogP contribution in [-0.4, -0.2) is 20.2 Å². The number of nitro groups is 1. The minimum Gasteiger partial charge on any atom is -0.508 e. The zero-order valence-corrected chi connectivity index (χ0v) is 6.39. The standard InChI is InChI=1S/C7H5N3O3/c11-4-1-2-6-5(3-4)7(9-8-6)10(12)13/h1-3,11H,(H,8,9). The quantitative estimate of drug-likeness (QED) is 0.507. The predicted molar refractivity (Wildman–Crippen MR) is 44.4 cm³/mol. The molecule has 0 saturated carbocycles. The molecule has 6 heteroatoms. The van der Waals surface area contributed by atoms with Gasteiger partial charge in [0.1, 0.15) is 16.7 Å². The molecule has 0 bridgehead atoms. The van der Waals surface area contributed by atoms with Crippen LogP contribution in [0.15, 0.2) is 18.2 Å². The van der Waals surface area contributed by atoms with E-state index in [0.29, 0.717) is 10.9 Å². The number of nitrogens with zero attached hydrogens (tertiary/aromatic N) is 2. The number of H-pyrrole nitrogens is 1. The molecule has 0 fully saturated rings. The van der Waals surface area contributed by atoms with Crippen LogP contribution in [0.25, 0.3) is 10.9 Å². The van der Waals surface area contributed by atoms with Gasteiger partial charge in [0.25, 0.3) is 0 Å². The predicted octanol–water partition coefficient (Wildman–Crippen LogP) is 1.18. The Labute approximate surface area is 72.0 Å². The average molecular weight is 179 g/mol. The summed E-state index contributed by atoms with van der Waals surface area (Å²) in [5.41, 5.74) is 0.463. The summed E-state index contributed by atoms with van der Waals surface area (Å²) >= 11 is 0. The zero-order valence-electron chi connectivity index (χ0n) is 6.39. The van der Waals surface area contributed by atoms with E-state index in [2.05, 4.69) is 10.2 Å². The Morgan fingerprint density at radius 3 is 3.00 bits per heavy atom. The van der Waals surface area contributed by atoms with E-state index in [0.717, 1.165) is 0 Å². The molecule has 0 unspecified atom stereocenters. The van der Waals surface area contributed by atoms with Crippen LogP contribution in [0.2, 0.25) is 0 Å². The second-order valence-electron chi connectivity index (χ2n) is 2.53. The van der Waals surface area contributed by atoms with E-state index in [-0.39, 0.29) is 11.6 Å². The summed E-state index contributed by atoms with van der Waals surface area (Å²) in [6.07, 6.45) is 0. The van der Waals surface area contributed by atoms with Gasteiger partial charge in [0, 0.05) is 0 Å². The lowest BCUT2D eigenvalue weighted by atomic mass is 10.2. The summed E-state index contributed by atoms with van der Waals surface area (Å²) in [6, 6.07) is 4.23. The van der Waals surface area contributed by atoms with Gasteiger partial charge in [-0.3, -0.25) is 0 Å². The smallest absolute Gasteiger partial charge is 0.350 e. The Balaban J connectivity index is 2.79. The lowest BCUT2D eigenvalue weighted by molar-refractivity contribution is -0.387. The third kappa shape index (κ3) is 1.08. The number of hydrogen-bond donors (Lipinski definition) is 2. The Kier molecular flexibility index (Phi) is 1.42. The molecule has 1 aromatic carbocycles. The van der Waals surface area contributed by atoms with E-state index >= 15 is 0 Å². The maximum Gasteiger partial charge on any atom is 0.350 e. The molecule has 0 aliphatic rings. The number of benzene rings is 1. The Hall–Kier alpha value is -2.11. The van der Waals surface area contributed by atoms with Crippen molar-refractivity contribution in [1.82, 2.24) is 10.2 Å². The number of nitrogens with one attached hydrogen (secondary N) is 1. The molecule has 66 valence electrons. The highest BCUT2D eigenvalue weighted by Gasteiger charge is 2.14. The van der Waals surface area contributed by atoms with Crippen molar-refractivity contribution in [3.63, 3.8) is 0 Å². The van der Waals surface area contributed by atoms with Crippen molar-refractivity contribution >= 4 is 16.7 Å². The van der Waals surface area contributed by atoms with Crippen LogP contribution in [0.3, 0.4) is 0 Å². The molecule has 0 radical (unpaired) electrons. The van der Waals surface area contributed by atoms with Crippen molar-refractivity contribution in [2.45, 2.75) is 0 Å². The molecular formula is C7H5N3O3. The molecule has 0 atom stereocenters. The molecule has 0 aliphatic carbocycles. The first kappa shape index (κ1) is 7.53. The van der Waals surface area contributed by atoms with Crippen LogP contribution in [0.4, 0.5) is 5.82 Å². The minimum atomic E-state index is -0.575. The van der Waals surface area contributed by atoms with Gasteiger partial charge in [-0.2, -0.15) is 0 Å². The van der Waals surface area contributed by atoms with Gasteiger partial charge in [0.15, 0.2) is 0 Å². The van der Waals surface area contributed by atoms with Crippen LogP contribution in [0.5, 0.6) is 5.75 Å². The van der Waals surface area contributed by atoms with Crippen LogP contribution >= 0.6 is 0 Å². The van der Waals surface area contributed by atoms with Gasteiger partial charge in [-0.1, -0.05) is 5.10 Å². The Morgan fingerprint density at radius 2 is 2.31 bits per heavy atom. The van der Waals surface area contributed by atoms with Gasteiger partial charge in [-0.25, -0.2) is 0 Å². The Bertz CT molecular complexity index is 477. The SMILES string of the molecule is O=[N+]([O-])c1[nH]nc2ccc(O)cc12. The third-order valence-electron chi connectivity index (χ3n) is 1.70. The number of phenols is 1. The van der Waals surface area contributed by atoms with Crippen molar-refractivity contribution in [1.29, 1.82) is 0 Å². The number of fused-ring (bicyclic) bond motifs is 1. The maximum atomic E-state index is 10.4. The average Bonchev–Trinajstić information content (AvgIpc) is 2.46. The topological polar surface area (TPSA) is 92.0 Å². The van der Waals surface area contributed by atoms with Crippen LogP contribution in [0.1, 0.15) is 0 Å². The fourth-order valence-corrected chi connectivity index (χ4v) is 1.12. The second-order valence-corrected chi connectivity index (χ2v) is 2.53. The van der Waals surface area contributed by atoms with Crippen molar-refractivity contribution < 1.29 is 10.0 Å². The highest BCUT2D eigenvalue weighted by molar-refractivity contribution is 5.87. The van der Waals surface area contributed by atoms with Gasteiger partial charge in [0.2, 0.25) is 0 Å². The third-order valence-corrected chi connectivity index (χ3v) is 1.70. The van der Waals surface area contributed by atoms with Crippen LogP contribution < -0.4 is 0 Å². The highest BCUT2D eigenvalue weighted by atomic mass is 16.6. The zero-order chi connectivity index (χ0) is 9.42. The number of rotatable bonds is 1. The van der Waals surface area contributed by atoms with E-state index < -0.39 is 4.92 Å². The molecule has 2 aromatic rings. The van der Waals surface area contributed by atoms with Crippen molar-refractivity contribution in [3.05, 3.63) is 28.3 Å². The van der Waals surface area contributed by atoms with Gasteiger partial charge in [0.05, 0.1) is 0 Å². The normalized spacial score (nSPS) is 10.5. The highest BCUT2D eigenvalue weighted by Crippen LogP contribution is 2.25. The summed E-state index contributed by atoms with van der Waals surface area (Å²) in [7, 11) is 0. The van der Waals surface area contributed by atoms with Gasteiger partial charge < -0.3 is 15.2 Å². The summed E-state index contributed by atoms with van der Waals surface area (Å²) in [5.74, 6) is -0.220. The number of aromatic nitrogens is 2. The maximum absolute atomic E-state index is 10.4. The van der Waals surface area contributed by atoms with Gasteiger partial charge in [-0.15, -0.1) is 5.10 Å². The van der Waals surface area contributed by atoms with Crippen molar-refractivity contribution in [2.24, 2.45) is 0 Å². The lowest BCUT2D eigenvalue weighted by Gasteiger charge is -1.91. The lowest BCUT2D eigenvalue weighted by Crippen LogP contribution is -1.87. The molecule has 13 heavy (non-hydrogen) atoms. The fourth-order valence-electron chi connectivity index (χ4n) is 1.12. The minimum absolute atomic E-state index is 0.0167. The molecule has 1 aromatic heterocycles.